The van der Waals surface area contributed by atoms with Crippen LogP contribution in [0.15, 0.2) is 53.6 Å². The zero-order valence-corrected chi connectivity index (χ0v) is 17.4. The molecule has 0 saturated heterocycles. The Bertz CT molecular complexity index is 956. The van der Waals surface area contributed by atoms with Gasteiger partial charge in [-0.2, -0.15) is 13.2 Å². The standard InChI is InChI=1S/C23H24F6N2/c1-4-14(3)18(23(27,28)29)12-22(30-5-2)16-10-9-15(11-21(16)26)31-13-17-19(24)7-6-8-20(17)25/h6-12,30-31H,4-5,13H2,1-3H3/b18-14?,22-12-. The minimum atomic E-state index is -4.58. The first-order valence-electron chi connectivity index (χ1n) is 9.77. The molecule has 2 nitrogen and oxygen atoms in total. The van der Waals surface area contributed by atoms with Crippen LogP contribution in [0.3, 0.4) is 0 Å². The maximum absolute atomic E-state index is 14.8. The second-order valence-corrected chi connectivity index (χ2v) is 6.88. The first-order valence-corrected chi connectivity index (χ1v) is 9.77. The molecule has 0 radical (unpaired) electrons. The van der Waals surface area contributed by atoms with E-state index in [1.54, 1.807) is 13.8 Å². The van der Waals surface area contributed by atoms with Crippen molar-refractivity contribution in [3.8, 4) is 0 Å². The summed E-state index contributed by atoms with van der Waals surface area (Å²) >= 11 is 0. The first kappa shape index (κ1) is 24.4. The Hall–Kier alpha value is -2.90. The molecule has 0 aliphatic carbocycles. The van der Waals surface area contributed by atoms with Gasteiger partial charge in [-0.25, -0.2) is 13.2 Å². The van der Waals surface area contributed by atoms with Crippen molar-refractivity contribution < 1.29 is 26.3 Å². The number of hydrogen-bond acceptors (Lipinski definition) is 2. The van der Waals surface area contributed by atoms with Crippen molar-refractivity contribution in [2.45, 2.75) is 39.9 Å². The Morgan fingerprint density at radius 2 is 1.61 bits per heavy atom. The summed E-state index contributed by atoms with van der Waals surface area (Å²) in [6.45, 7) is 4.75. The molecule has 0 bridgehead atoms. The minimum absolute atomic E-state index is 0.00757. The maximum Gasteiger partial charge on any atom is 0.416 e. The summed E-state index contributed by atoms with van der Waals surface area (Å²) in [5, 5.41) is 5.51. The molecule has 0 atom stereocenters. The Labute approximate surface area is 177 Å². The normalized spacial score (nSPS) is 13.1. The molecule has 8 heteroatoms. The van der Waals surface area contributed by atoms with E-state index in [9.17, 15) is 26.3 Å². The van der Waals surface area contributed by atoms with Crippen LogP contribution in [-0.2, 0) is 6.54 Å². The van der Waals surface area contributed by atoms with Gasteiger partial charge >= 0.3 is 6.18 Å². The quantitative estimate of drug-likeness (QED) is 0.341. The topological polar surface area (TPSA) is 24.1 Å². The Morgan fingerprint density at radius 1 is 0.968 bits per heavy atom. The number of halogens is 6. The number of nitrogens with one attached hydrogen (secondary N) is 2. The second kappa shape index (κ2) is 10.4. The summed E-state index contributed by atoms with van der Waals surface area (Å²) in [7, 11) is 0. The van der Waals surface area contributed by atoms with Crippen LogP contribution in [0.1, 0.15) is 38.3 Å². The molecule has 0 unspecified atom stereocenters. The molecular weight excluding hydrogens is 418 g/mol. The zero-order valence-electron chi connectivity index (χ0n) is 17.4. The lowest BCUT2D eigenvalue weighted by Crippen LogP contribution is -2.17. The second-order valence-electron chi connectivity index (χ2n) is 6.88. The predicted octanol–water partition coefficient (Wildman–Crippen LogP) is 6.96. The first-order chi connectivity index (χ1) is 14.6. The highest BCUT2D eigenvalue weighted by Crippen LogP contribution is 2.33. The fourth-order valence-electron chi connectivity index (χ4n) is 2.93. The molecule has 0 heterocycles. The van der Waals surface area contributed by atoms with E-state index in [4.69, 9.17) is 0 Å². The number of allylic oxidation sites excluding steroid dienone is 3. The molecule has 2 aromatic rings. The van der Waals surface area contributed by atoms with E-state index in [0.717, 1.165) is 24.3 Å². The number of rotatable bonds is 8. The third kappa shape index (κ3) is 6.29. The molecule has 2 N–H and O–H groups in total. The molecule has 31 heavy (non-hydrogen) atoms. The van der Waals surface area contributed by atoms with E-state index in [-0.39, 0.29) is 47.6 Å². The summed E-state index contributed by atoms with van der Waals surface area (Å²) in [5.41, 5.74) is -0.718. The Morgan fingerprint density at radius 3 is 2.13 bits per heavy atom. The minimum Gasteiger partial charge on any atom is -0.385 e. The molecule has 0 saturated carbocycles. The van der Waals surface area contributed by atoms with Gasteiger partial charge in [0.15, 0.2) is 0 Å². The summed E-state index contributed by atoms with van der Waals surface area (Å²) in [4.78, 5) is 0. The Kier molecular flexibility index (Phi) is 8.19. The Balaban J connectivity index is 2.36. The van der Waals surface area contributed by atoms with Crippen LogP contribution in [0.2, 0.25) is 0 Å². The van der Waals surface area contributed by atoms with Crippen LogP contribution in [-0.4, -0.2) is 12.7 Å². The van der Waals surface area contributed by atoms with Crippen LogP contribution < -0.4 is 10.6 Å². The van der Waals surface area contributed by atoms with Crippen molar-refractivity contribution in [1.82, 2.24) is 5.32 Å². The molecule has 0 aliphatic rings. The molecule has 168 valence electrons. The van der Waals surface area contributed by atoms with E-state index in [1.165, 1.54) is 25.1 Å². The molecule has 2 rings (SSSR count). The van der Waals surface area contributed by atoms with Crippen molar-refractivity contribution in [1.29, 1.82) is 0 Å². The number of hydrogen-bond donors (Lipinski definition) is 2. The maximum atomic E-state index is 14.8. The number of alkyl halides is 3. The highest BCUT2D eigenvalue weighted by Gasteiger charge is 2.34. The smallest absolute Gasteiger partial charge is 0.385 e. The molecule has 2 aromatic carbocycles. The monoisotopic (exact) mass is 442 g/mol. The van der Waals surface area contributed by atoms with E-state index in [2.05, 4.69) is 10.6 Å². The van der Waals surface area contributed by atoms with Gasteiger partial charge in [0.25, 0.3) is 0 Å². The summed E-state index contributed by atoms with van der Waals surface area (Å²) in [5.74, 6) is -2.25. The fraction of sp³-hybridized carbons (Fsp3) is 0.304. The van der Waals surface area contributed by atoms with Gasteiger partial charge < -0.3 is 10.6 Å². The average Bonchev–Trinajstić information content (AvgIpc) is 2.69. The fourth-order valence-corrected chi connectivity index (χ4v) is 2.93. The van der Waals surface area contributed by atoms with Crippen molar-refractivity contribution in [2.75, 3.05) is 11.9 Å². The van der Waals surface area contributed by atoms with Gasteiger partial charge in [0.05, 0.1) is 5.57 Å². The average molecular weight is 442 g/mol. The van der Waals surface area contributed by atoms with Gasteiger partial charge in [0.2, 0.25) is 0 Å². The van der Waals surface area contributed by atoms with Crippen molar-refractivity contribution in [3.63, 3.8) is 0 Å². The van der Waals surface area contributed by atoms with E-state index in [0.29, 0.717) is 0 Å². The van der Waals surface area contributed by atoms with Gasteiger partial charge in [-0.15, -0.1) is 0 Å². The number of anilines is 1. The molecule has 0 aromatic heterocycles. The van der Waals surface area contributed by atoms with E-state index >= 15 is 0 Å². The molecule has 0 spiro atoms. The predicted molar refractivity (Wildman–Crippen MR) is 111 cm³/mol. The third-order valence-corrected chi connectivity index (χ3v) is 4.74. The molecule has 0 amide bonds. The van der Waals surface area contributed by atoms with E-state index < -0.39 is 29.2 Å². The molecule has 0 aliphatic heterocycles. The van der Waals surface area contributed by atoms with Gasteiger partial charge in [-0.05, 0) is 56.7 Å². The summed E-state index contributed by atoms with van der Waals surface area (Å²) in [6.07, 6.45) is -3.48. The lowest BCUT2D eigenvalue weighted by Gasteiger charge is -2.17. The SMILES string of the molecule is CCN/C(=C\C(=C(C)CC)C(F)(F)F)c1ccc(NCc2c(F)cccc2F)cc1F. The third-order valence-electron chi connectivity index (χ3n) is 4.74. The highest BCUT2D eigenvalue weighted by atomic mass is 19.4. The molecular formula is C23H24F6N2. The highest BCUT2D eigenvalue weighted by molar-refractivity contribution is 5.69. The number of benzene rings is 2. The van der Waals surface area contributed by atoms with Gasteiger partial charge in [-0.1, -0.05) is 18.6 Å². The van der Waals surface area contributed by atoms with Crippen LogP contribution in [0.5, 0.6) is 0 Å². The van der Waals surface area contributed by atoms with Crippen LogP contribution in [0, 0.1) is 17.5 Å². The van der Waals surface area contributed by atoms with Crippen LogP contribution in [0.25, 0.3) is 5.70 Å². The molecule has 0 fully saturated rings. The lowest BCUT2D eigenvalue weighted by atomic mass is 10.0. The zero-order chi connectivity index (χ0) is 23.2. The van der Waals surface area contributed by atoms with Crippen molar-refractivity contribution in [3.05, 3.63) is 82.2 Å². The van der Waals surface area contributed by atoms with Crippen molar-refractivity contribution >= 4 is 11.4 Å². The van der Waals surface area contributed by atoms with Crippen LogP contribution in [0.4, 0.5) is 32.0 Å². The van der Waals surface area contributed by atoms with Crippen molar-refractivity contribution in [2.24, 2.45) is 0 Å². The van der Waals surface area contributed by atoms with Crippen LogP contribution >= 0.6 is 0 Å². The summed E-state index contributed by atoms with van der Waals surface area (Å²) in [6, 6.07) is 7.29. The lowest BCUT2D eigenvalue weighted by molar-refractivity contribution is -0.0890. The van der Waals surface area contributed by atoms with Gasteiger partial charge in [0.1, 0.15) is 17.5 Å². The van der Waals surface area contributed by atoms with Gasteiger partial charge in [0, 0.05) is 35.6 Å². The van der Waals surface area contributed by atoms with Gasteiger partial charge in [-0.3, -0.25) is 0 Å². The van der Waals surface area contributed by atoms with E-state index in [1.807, 2.05) is 0 Å². The largest absolute Gasteiger partial charge is 0.416 e. The summed E-state index contributed by atoms with van der Waals surface area (Å²) < 4.78 is 82.6.